The molecule has 110 valence electrons. The molecule has 0 aromatic heterocycles. The van der Waals surface area contributed by atoms with Crippen molar-refractivity contribution in [3.8, 4) is 11.5 Å². The molecule has 0 aliphatic rings. The Bertz CT molecular complexity index is 626. The Kier molecular flexibility index (Phi) is 4.73. The average Bonchev–Trinajstić information content (AvgIpc) is 2.48. The molecule has 6 heteroatoms. The molecule has 0 unspecified atom stereocenters. The molecule has 0 fully saturated rings. The summed E-state index contributed by atoms with van der Waals surface area (Å²) < 4.78 is 4.98. The molecule has 0 bridgehead atoms. The summed E-state index contributed by atoms with van der Waals surface area (Å²) in [5.41, 5.74) is 1.97. The fraction of sp³-hybridized carbons (Fsp3) is 0.200. The zero-order valence-corrected chi connectivity index (χ0v) is 11.6. The predicted octanol–water partition coefficient (Wildman–Crippen LogP) is 2.60. The van der Waals surface area contributed by atoms with Crippen LogP contribution in [0.1, 0.15) is 11.1 Å². The van der Waals surface area contributed by atoms with Gasteiger partial charge in [0.25, 0.3) is 5.69 Å². The first-order valence-electron chi connectivity index (χ1n) is 6.40. The second kappa shape index (κ2) is 6.71. The van der Waals surface area contributed by atoms with Gasteiger partial charge in [0.05, 0.1) is 12.0 Å². The first-order chi connectivity index (χ1) is 10.1. The van der Waals surface area contributed by atoms with Gasteiger partial charge in [-0.2, -0.15) is 0 Å². The summed E-state index contributed by atoms with van der Waals surface area (Å²) in [6.07, 6.45) is 0. The number of nitrogens with one attached hydrogen (secondary N) is 1. The van der Waals surface area contributed by atoms with Crippen molar-refractivity contribution in [2.45, 2.75) is 13.1 Å². The van der Waals surface area contributed by atoms with Gasteiger partial charge in [-0.3, -0.25) is 10.1 Å². The predicted molar refractivity (Wildman–Crippen MR) is 78.3 cm³/mol. The molecule has 0 heterocycles. The number of nitrogens with zero attached hydrogens (tertiary/aromatic N) is 1. The second-order valence-electron chi connectivity index (χ2n) is 4.53. The largest absolute Gasteiger partial charge is 0.504 e. The zero-order chi connectivity index (χ0) is 15.2. The molecule has 0 saturated carbocycles. The molecule has 6 nitrogen and oxygen atoms in total. The monoisotopic (exact) mass is 288 g/mol. The maximum atomic E-state index is 10.6. The van der Waals surface area contributed by atoms with E-state index in [-0.39, 0.29) is 11.4 Å². The standard InChI is InChI=1S/C15H16N2O4/c1-21-15-7-4-12(8-14(15)18)10-16-9-11-2-5-13(6-3-11)17(19)20/h2-8,16,18H,9-10H2,1H3. The molecule has 0 aliphatic heterocycles. The molecule has 0 radical (unpaired) electrons. The van der Waals surface area contributed by atoms with Crippen molar-refractivity contribution in [3.63, 3.8) is 0 Å². The molecule has 2 aromatic rings. The minimum Gasteiger partial charge on any atom is -0.504 e. The third-order valence-electron chi connectivity index (χ3n) is 3.05. The summed E-state index contributed by atoms with van der Waals surface area (Å²) in [6.45, 7) is 1.17. The number of benzene rings is 2. The molecular weight excluding hydrogens is 272 g/mol. The van der Waals surface area contributed by atoms with Crippen LogP contribution in [0.3, 0.4) is 0 Å². The molecule has 0 saturated heterocycles. The number of hydrogen-bond donors (Lipinski definition) is 2. The van der Waals surface area contributed by atoms with E-state index in [0.29, 0.717) is 18.8 Å². The zero-order valence-electron chi connectivity index (χ0n) is 11.6. The maximum absolute atomic E-state index is 10.6. The molecule has 2 aromatic carbocycles. The second-order valence-corrected chi connectivity index (χ2v) is 4.53. The summed E-state index contributed by atoms with van der Waals surface area (Å²) in [5, 5.41) is 23.4. The van der Waals surface area contributed by atoms with Crippen molar-refractivity contribution < 1.29 is 14.8 Å². The third kappa shape index (κ3) is 3.93. The first kappa shape index (κ1) is 14.8. The van der Waals surface area contributed by atoms with Crippen LogP contribution < -0.4 is 10.1 Å². The number of methoxy groups -OCH3 is 1. The van der Waals surface area contributed by atoms with E-state index >= 15 is 0 Å². The Labute approximate surface area is 122 Å². The van der Waals surface area contributed by atoms with Gasteiger partial charge in [0, 0.05) is 25.2 Å². The van der Waals surface area contributed by atoms with Crippen molar-refractivity contribution in [2.24, 2.45) is 0 Å². The minimum absolute atomic E-state index is 0.0822. The summed E-state index contributed by atoms with van der Waals surface area (Å²) in [4.78, 5) is 10.1. The number of rotatable bonds is 6. The topological polar surface area (TPSA) is 84.6 Å². The van der Waals surface area contributed by atoms with E-state index in [2.05, 4.69) is 5.32 Å². The van der Waals surface area contributed by atoms with Gasteiger partial charge >= 0.3 is 0 Å². The number of hydrogen-bond acceptors (Lipinski definition) is 5. The molecule has 2 N–H and O–H groups in total. The first-order valence-corrected chi connectivity index (χ1v) is 6.40. The molecule has 0 aliphatic carbocycles. The van der Waals surface area contributed by atoms with E-state index in [9.17, 15) is 15.2 Å². The van der Waals surface area contributed by atoms with Crippen LogP contribution in [0.2, 0.25) is 0 Å². The fourth-order valence-corrected chi connectivity index (χ4v) is 1.93. The number of phenolic OH excluding ortho intramolecular Hbond substituents is 1. The normalized spacial score (nSPS) is 10.3. The Morgan fingerprint density at radius 1 is 1.14 bits per heavy atom. The van der Waals surface area contributed by atoms with Gasteiger partial charge in [0.2, 0.25) is 0 Å². The highest BCUT2D eigenvalue weighted by molar-refractivity contribution is 5.41. The van der Waals surface area contributed by atoms with E-state index in [1.165, 1.54) is 19.2 Å². The van der Waals surface area contributed by atoms with Crippen molar-refractivity contribution in [3.05, 3.63) is 63.7 Å². The van der Waals surface area contributed by atoms with Crippen LogP contribution in [0.4, 0.5) is 5.69 Å². The maximum Gasteiger partial charge on any atom is 0.269 e. The minimum atomic E-state index is -0.419. The molecular formula is C15H16N2O4. The van der Waals surface area contributed by atoms with E-state index in [4.69, 9.17) is 4.74 Å². The highest BCUT2D eigenvalue weighted by Crippen LogP contribution is 2.26. The summed E-state index contributed by atoms with van der Waals surface area (Å²) in [5.74, 6) is 0.543. The van der Waals surface area contributed by atoms with Crippen molar-refractivity contribution >= 4 is 5.69 Å². The lowest BCUT2D eigenvalue weighted by Gasteiger charge is -2.08. The quantitative estimate of drug-likeness (QED) is 0.630. The number of phenols is 1. The summed E-state index contributed by atoms with van der Waals surface area (Å²) in [6, 6.07) is 11.6. The van der Waals surface area contributed by atoms with Crippen LogP contribution in [0.5, 0.6) is 11.5 Å². The lowest BCUT2D eigenvalue weighted by atomic mass is 10.2. The van der Waals surface area contributed by atoms with Gasteiger partial charge in [-0.25, -0.2) is 0 Å². The van der Waals surface area contributed by atoms with Gasteiger partial charge in [-0.1, -0.05) is 18.2 Å². The van der Waals surface area contributed by atoms with Gasteiger partial charge < -0.3 is 15.2 Å². The summed E-state index contributed by atoms with van der Waals surface area (Å²) >= 11 is 0. The Hall–Kier alpha value is -2.60. The SMILES string of the molecule is COc1ccc(CNCc2ccc([N+](=O)[O-])cc2)cc1O. The number of aromatic hydroxyl groups is 1. The number of nitro benzene ring substituents is 1. The van der Waals surface area contributed by atoms with Crippen molar-refractivity contribution in [1.82, 2.24) is 5.32 Å². The molecule has 21 heavy (non-hydrogen) atoms. The molecule has 0 amide bonds. The number of non-ortho nitro benzene ring substituents is 1. The van der Waals surface area contributed by atoms with Gasteiger partial charge in [-0.05, 0) is 23.3 Å². The Morgan fingerprint density at radius 2 is 1.76 bits per heavy atom. The third-order valence-corrected chi connectivity index (χ3v) is 3.05. The molecule has 2 rings (SSSR count). The Balaban J connectivity index is 1.89. The average molecular weight is 288 g/mol. The van der Waals surface area contributed by atoms with Crippen LogP contribution in [-0.4, -0.2) is 17.1 Å². The lowest BCUT2D eigenvalue weighted by molar-refractivity contribution is -0.384. The van der Waals surface area contributed by atoms with E-state index in [1.807, 2.05) is 6.07 Å². The number of nitro groups is 1. The summed E-state index contributed by atoms with van der Waals surface area (Å²) in [7, 11) is 1.50. The molecule has 0 atom stereocenters. The smallest absolute Gasteiger partial charge is 0.269 e. The van der Waals surface area contributed by atoms with E-state index in [1.54, 1.807) is 24.3 Å². The van der Waals surface area contributed by atoms with Crippen LogP contribution in [-0.2, 0) is 13.1 Å². The number of ether oxygens (including phenoxy) is 1. The fourth-order valence-electron chi connectivity index (χ4n) is 1.93. The Morgan fingerprint density at radius 3 is 2.33 bits per heavy atom. The van der Waals surface area contributed by atoms with Crippen LogP contribution in [0, 0.1) is 10.1 Å². The van der Waals surface area contributed by atoms with E-state index < -0.39 is 4.92 Å². The van der Waals surface area contributed by atoms with E-state index in [0.717, 1.165) is 11.1 Å². The van der Waals surface area contributed by atoms with Gasteiger partial charge in [0.1, 0.15) is 0 Å². The van der Waals surface area contributed by atoms with Crippen molar-refractivity contribution in [2.75, 3.05) is 7.11 Å². The van der Waals surface area contributed by atoms with Gasteiger partial charge in [-0.15, -0.1) is 0 Å². The van der Waals surface area contributed by atoms with Crippen LogP contribution >= 0.6 is 0 Å². The molecule has 0 spiro atoms. The highest BCUT2D eigenvalue weighted by atomic mass is 16.6. The van der Waals surface area contributed by atoms with Crippen LogP contribution in [0.25, 0.3) is 0 Å². The van der Waals surface area contributed by atoms with Crippen molar-refractivity contribution in [1.29, 1.82) is 0 Å². The lowest BCUT2D eigenvalue weighted by Crippen LogP contribution is -2.12. The highest BCUT2D eigenvalue weighted by Gasteiger charge is 2.04. The van der Waals surface area contributed by atoms with Crippen LogP contribution in [0.15, 0.2) is 42.5 Å². The van der Waals surface area contributed by atoms with Gasteiger partial charge in [0.15, 0.2) is 11.5 Å².